The first-order valence-electron chi connectivity index (χ1n) is 9.68. The van der Waals surface area contributed by atoms with Gasteiger partial charge in [-0.3, -0.25) is 9.88 Å². The van der Waals surface area contributed by atoms with E-state index < -0.39 is 0 Å². The summed E-state index contributed by atoms with van der Waals surface area (Å²) in [7, 11) is 0. The number of likely N-dealkylation sites (tertiary alicyclic amines) is 1. The highest BCUT2D eigenvalue weighted by atomic mass is 19.1. The average molecular weight is 369 g/mol. The van der Waals surface area contributed by atoms with Crippen LogP contribution in [0.4, 0.5) is 4.39 Å². The Morgan fingerprint density at radius 2 is 1.93 bits per heavy atom. The van der Waals surface area contributed by atoms with Crippen molar-refractivity contribution in [3.05, 3.63) is 65.7 Å². The van der Waals surface area contributed by atoms with Crippen molar-refractivity contribution in [3.63, 3.8) is 0 Å². The Morgan fingerprint density at radius 1 is 1.15 bits per heavy atom. The minimum Gasteiger partial charge on any atom is -0.357 e. The standard InChI is InChI=1S/C21H28FN5/c1-2-23-21(25-15-19-18(22)11-8-12-24-19)26-16-20(27-13-6-7-14-27)17-9-4-3-5-10-17/h3-5,8-12,20H,2,6-7,13-16H2,1H3,(H2,23,25,26). The van der Waals surface area contributed by atoms with Gasteiger partial charge in [-0.2, -0.15) is 0 Å². The lowest BCUT2D eigenvalue weighted by Gasteiger charge is -2.29. The molecule has 144 valence electrons. The van der Waals surface area contributed by atoms with Gasteiger partial charge in [-0.05, 0) is 50.6 Å². The van der Waals surface area contributed by atoms with Crippen LogP contribution in [0, 0.1) is 5.82 Å². The first-order valence-corrected chi connectivity index (χ1v) is 9.68. The fraction of sp³-hybridized carbons (Fsp3) is 0.429. The number of aromatic nitrogens is 1. The monoisotopic (exact) mass is 369 g/mol. The number of pyridine rings is 1. The van der Waals surface area contributed by atoms with Gasteiger partial charge in [0.2, 0.25) is 0 Å². The fourth-order valence-corrected chi connectivity index (χ4v) is 3.41. The van der Waals surface area contributed by atoms with Gasteiger partial charge in [-0.25, -0.2) is 9.38 Å². The van der Waals surface area contributed by atoms with Crippen molar-refractivity contribution in [2.45, 2.75) is 32.4 Å². The van der Waals surface area contributed by atoms with Gasteiger partial charge in [0.1, 0.15) is 5.82 Å². The Labute approximate surface area is 160 Å². The maximum atomic E-state index is 13.8. The van der Waals surface area contributed by atoms with Crippen LogP contribution in [0.25, 0.3) is 0 Å². The average Bonchev–Trinajstić information content (AvgIpc) is 3.22. The zero-order valence-electron chi connectivity index (χ0n) is 15.9. The van der Waals surface area contributed by atoms with E-state index in [9.17, 15) is 4.39 Å². The number of hydrogen-bond donors (Lipinski definition) is 2. The molecule has 1 aliphatic rings. The lowest BCUT2D eigenvalue weighted by molar-refractivity contribution is 0.245. The molecule has 1 saturated heterocycles. The van der Waals surface area contributed by atoms with E-state index in [1.807, 2.05) is 13.0 Å². The second-order valence-electron chi connectivity index (χ2n) is 6.68. The number of nitrogens with zero attached hydrogens (tertiary/aromatic N) is 3. The Morgan fingerprint density at radius 3 is 2.63 bits per heavy atom. The molecule has 1 fully saturated rings. The molecule has 0 amide bonds. The van der Waals surface area contributed by atoms with Crippen molar-refractivity contribution in [2.24, 2.45) is 4.99 Å². The van der Waals surface area contributed by atoms with E-state index in [1.54, 1.807) is 12.3 Å². The number of halogens is 1. The molecule has 3 rings (SSSR count). The van der Waals surface area contributed by atoms with Gasteiger partial charge >= 0.3 is 0 Å². The summed E-state index contributed by atoms with van der Waals surface area (Å²) in [6.07, 6.45) is 4.08. The highest BCUT2D eigenvalue weighted by Gasteiger charge is 2.23. The number of hydrogen-bond acceptors (Lipinski definition) is 3. The Kier molecular flexibility index (Phi) is 7.16. The maximum absolute atomic E-state index is 13.8. The molecule has 1 unspecified atom stereocenters. The summed E-state index contributed by atoms with van der Waals surface area (Å²) >= 11 is 0. The molecule has 1 atom stereocenters. The predicted octanol–water partition coefficient (Wildman–Crippen LogP) is 3.11. The highest BCUT2D eigenvalue weighted by molar-refractivity contribution is 5.79. The van der Waals surface area contributed by atoms with Gasteiger partial charge in [0.25, 0.3) is 0 Å². The van der Waals surface area contributed by atoms with Gasteiger partial charge < -0.3 is 10.6 Å². The lowest BCUT2D eigenvalue weighted by Crippen LogP contribution is -2.42. The molecule has 2 aromatic rings. The molecule has 2 N–H and O–H groups in total. The second kappa shape index (κ2) is 10.0. The SMILES string of the molecule is CCNC(=NCc1ncccc1F)NCC(c1ccccc1)N1CCCC1. The van der Waals surface area contributed by atoms with Crippen LogP contribution in [0.15, 0.2) is 53.7 Å². The van der Waals surface area contributed by atoms with Crippen molar-refractivity contribution in [3.8, 4) is 0 Å². The van der Waals surface area contributed by atoms with E-state index in [4.69, 9.17) is 0 Å². The molecule has 0 radical (unpaired) electrons. The Bertz CT molecular complexity index is 728. The zero-order valence-corrected chi connectivity index (χ0v) is 15.9. The molecule has 1 aliphatic heterocycles. The first-order chi connectivity index (χ1) is 13.3. The van der Waals surface area contributed by atoms with Gasteiger partial charge in [-0.1, -0.05) is 30.3 Å². The summed E-state index contributed by atoms with van der Waals surface area (Å²) in [5.74, 6) is 0.360. The number of rotatable bonds is 7. The normalized spacial score (nSPS) is 16.3. The summed E-state index contributed by atoms with van der Waals surface area (Å²) < 4.78 is 13.8. The predicted molar refractivity (Wildman–Crippen MR) is 107 cm³/mol. The molecular weight excluding hydrogens is 341 g/mol. The van der Waals surface area contributed by atoms with Gasteiger partial charge in [0.15, 0.2) is 5.96 Å². The second-order valence-corrected chi connectivity index (χ2v) is 6.68. The van der Waals surface area contributed by atoms with Crippen molar-refractivity contribution in [2.75, 3.05) is 26.2 Å². The third-order valence-electron chi connectivity index (χ3n) is 4.79. The molecule has 1 aromatic carbocycles. The summed E-state index contributed by atoms with van der Waals surface area (Å²) in [6, 6.07) is 13.9. The van der Waals surface area contributed by atoms with Crippen molar-refractivity contribution in [1.29, 1.82) is 0 Å². The fourth-order valence-electron chi connectivity index (χ4n) is 3.41. The largest absolute Gasteiger partial charge is 0.357 e. The maximum Gasteiger partial charge on any atom is 0.191 e. The van der Waals surface area contributed by atoms with Crippen molar-refractivity contribution >= 4 is 5.96 Å². The lowest BCUT2D eigenvalue weighted by atomic mass is 10.1. The van der Waals surface area contributed by atoms with Crippen LogP contribution < -0.4 is 10.6 Å². The summed E-state index contributed by atoms with van der Waals surface area (Å²) in [5.41, 5.74) is 1.66. The number of nitrogens with one attached hydrogen (secondary N) is 2. The van der Waals surface area contributed by atoms with Crippen LogP contribution in [0.3, 0.4) is 0 Å². The van der Waals surface area contributed by atoms with E-state index in [-0.39, 0.29) is 12.4 Å². The van der Waals surface area contributed by atoms with Crippen molar-refractivity contribution < 1.29 is 4.39 Å². The summed E-state index contributed by atoms with van der Waals surface area (Å²) in [6.45, 7) is 5.97. The molecule has 2 heterocycles. The first kappa shape index (κ1) is 19.3. The number of aliphatic imine (C=N–C) groups is 1. The molecule has 6 heteroatoms. The summed E-state index contributed by atoms with van der Waals surface area (Å²) in [4.78, 5) is 11.1. The van der Waals surface area contributed by atoms with E-state index >= 15 is 0 Å². The molecule has 5 nitrogen and oxygen atoms in total. The highest BCUT2D eigenvalue weighted by Crippen LogP contribution is 2.24. The Hall–Kier alpha value is -2.47. The minimum atomic E-state index is -0.323. The molecule has 1 aromatic heterocycles. The Balaban J connectivity index is 1.68. The van der Waals surface area contributed by atoms with Crippen LogP contribution in [-0.2, 0) is 6.54 Å². The van der Waals surface area contributed by atoms with E-state index in [0.717, 1.165) is 26.2 Å². The van der Waals surface area contributed by atoms with Crippen LogP contribution in [0.5, 0.6) is 0 Å². The topological polar surface area (TPSA) is 52.6 Å². The van der Waals surface area contributed by atoms with Crippen LogP contribution >= 0.6 is 0 Å². The number of benzene rings is 1. The van der Waals surface area contributed by atoms with Crippen LogP contribution in [0.2, 0.25) is 0 Å². The quantitative estimate of drug-likeness (QED) is 0.582. The summed E-state index contributed by atoms with van der Waals surface area (Å²) in [5, 5.41) is 6.67. The van der Waals surface area contributed by atoms with Gasteiger partial charge in [-0.15, -0.1) is 0 Å². The third kappa shape index (κ3) is 5.50. The van der Waals surface area contributed by atoms with E-state index in [1.165, 1.54) is 24.5 Å². The molecular formula is C21H28FN5. The number of guanidine groups is 1. The smallest absolute Gasteiger partial charge is 0.191 e. The van der Waals surface area contributed by atoms with E-state index in [2.05, 4.69) is 49.8 Å². The van der Waals surface area contributed by atoms with Crippen LogP contribution in [0.1, 0.15) is 37.1 Å². The van der Waals surface area contributed by atoms with Gasteiger partial charge in [0.05, 0.1) is 18.3 Å². The van der Waals surface area contributed by atoms with Gasteiger partial charge in [0, 0.05) is 19.3 Å². The molecule has 27 heavy (non-hydrogen) atoms. The zero-order chi connectivity index (χ0) is 18.9. The molecule has 0 aliphatic carbocycles. The van der Waals surface area contributed by atoms with Crippen LogP contribution in [-0.4, -0.2) is 42.0 Å². The molecule has 0 spiro atoms. The molecule has 0 saturated carbocycles. The van der Waals surface area contributed by atoms with Crippen molar-refractivity contribution in [1.82, 2.24) is 20.5 Å². The molecule has 0 bridgehead atoms. The third-order valence-corrected chi connectivity index (χ3v) is 4.79. The minimum absolute atomic E-state index is 0.210. The van der Waals surface area contributed by atoms with E-state index in [0.29, 0.717) is 17.7 Å².